The van der Waals surface area contributed by atoms with Crippen LogP contribution in [0.5, 0.6) is 23.0 Å². The number of carboxylic acid groups (broad SMARTS) is 1. The molecular formula is C26H30N6O7. The number of likely N-dealkylation sites (tertiary alicyclic amines) is 1. The Labute approximate surface area is 224 Å². The lowest BCUT2D eigenvalue weighted by atomic mass is 9.82. The van der Waals surface area contributed by atoms with Crippen LogP contribution in [0.1, 0.15) is 42.3 Å². The van der Waals surface area contributed by atoms with Crippen LogP contribution in [-0.2, 0) is 16.2 Å². The number of amides is 1. The Bertz CT molecular complexity index is 1320. The maximum Gasteiger partial charge on any atom is 0.309 e. The van der Waals surface area contributed by atoms with E-state index in [1.807, 2.05) is 24.0 Å². The predicted octanol–water partition coefficient (Wildman–Crippen LogP) is 1.88. The molecular weight excluding hydrogens is 508 g/mol. The average Bonchev–Trinajstić information content (AvgIpc) is 3.70. The zero-order valence-corrected chi connectivity index (χ0v) is 21.6. The molecule has 3 aromatic rings. The van der Waals surface area contributed by atoms with E-state index < -0.39 is 23.8 Å². The van der Waals surface area contributed by atoms with Gasteiger partial charge >= 0.3 is 5.97 Å². The number of aromatic nitrogens is 4. The van der Waals surface area contributed by atoms with Gasteiger partial charge in [0.15, 0.2) is 17.3 Å². The van der Waals surface area contributed by atoms with Crippen LogP contribution in [0, 0.1) is 5.92 Å². The molecule has 206 valence electrons. The van der Waals surface area contributed by atoms with Gasteiger partial charge in [-0.05, 0) is 40.6 Å². The highest BCUT2D eigenvalue weighted by atomic mass is 16.7. The topological polar surface area (TPSA) is 161 Å². The highest BCUT2D eigenvalue weighted by Crippen LogP contribution is 2.49. The van der Waals surface area contributed by atoms with E-state index in [0.29, 0.717) is 47.5 Å². The van der Waals surface area contributed by atoms with Crippen LogP contribution in [-0.4, -0.2) is 76.0 Å². The van der Waals surface area contributed by atoms with Crippen molar-refractivity contribution in [3.63, 3.8) is 0 Å². The van der Waals surface area contributed by atoms with E-state index in [-0.39, 0.29) is 25.9 Å². The molecule has 2 aromatic carbocycles. The van der Waals surface area contributed by atoms with Crippen LogP contribution in [0.25, 0.3) is 0 Å². The molecule has 13 nitrogen and oxygen atoms in total. The van der Waals surface area contributed by atoms with Gasteiger partial charge in [-0.15, -0.1) is 5.10 Å². The number of carboxylic acids is 1. The summed E-state index contributed by atoms with van der Waals surface area (Å²) < 4.78 is 22.5. The number of hydrogen-bond donors (Lipinski definition) is 3. The number of nitrogens with one attached hydrogen (secondary N) is 2. The first kappa shape index (κ1) is 26.2. The summed E-state index contributed by atoms with van der Waals surface area (Å²) in [5.74, 6) is 0.0354. The Morgan fingerprint density at radius 3 is 2.79 bits per heavy atom. The van der Waals surface area contributed by atoms with Gasteiger partial charge in [-0.25, -0.2) is 5.10 Å². The number of fused-ring (bicyclic) bond motifs is 1. The summed E-state index contributed by atoms with van der Waals surface area (Å²) in [5.41, 5.74) is 1.40. The molecule has 1 fully saturated rings. The van der Waals surface area contributed by atoms with Gasteiger partial charge in [0.25, 0.3) is 0 Å². The molecule has 0 bridgehead atoms. The molecule has 3 atom stereocenters. The fourth-order valence-corrected chi connectivity index (χ4v) is 5.15. The second kappa shape index (κ2) is 11.6. The second-order valence-corrected chi connectivity index (χ2v) is 9.35. The molecule has 1 amide bonds. The largest absolute Gasteiger partial charge is 0.497 e. The standard InChI is InChI=1S/C26H30N6O7/c1-3-8-27-23(33)12-32-11-18(15-4-7-19-21(9-15)39-14-38-19)24(26(34)35)25(32)17-6-5-16(36-2)10-20(17)37-13-22-28-30-31-29-22/h4-7,9-10,18,24-25H,3,8,11-14H2,1-2H3,(H,27,33)(H,34,35)(H,28,29,30,31). The number of aromatic amines is 1. The third-order valence-electron chi connectivity index (χ3n) is 6.92. The highest BCUT2D eigenvalue weighted by Gasteiger charge is 2.49. The summed E-state index contributed by atoms with van der Waals surface area (Å²) in [7, 11) is 1.54. The Hall–Kier alpha value is -4.39. The minimum atomic E-state index is -0.986. The third-order valence-corrected chi connectivity index (χ3v) is 6.92. The number of H-pyrrole nitrogens is 1. The van der Waals surface area contributed by atoms with Gasteiger partial charge in [-0.2, -0.15) is 0 Å². The Morgan fingerprint density at radius 2 is 2.05 bits per heavy atom. The van der Waals surface area contributed by atoms with E-state index in [1.165, 1.54) is 7.11 Å². The molecule has 3 heterocycles. The van der Waals surface area contributed by atoms with Crippen LogP contribution in [0.3, 0.4) is 0 Å². The number of nitrogens with zero attached hydrogens (tertiary/aromatic N) is 4. The lowest BCUT2D eigenvalue weighted by Gasteiger charge is -2.28. The molecule has 0 aliphatic carbocycles. The summed E-state index contributed by atoms with van der Waals surface area (Å²) in [6.07, 6.45) is 0.791. The van der Waals surface area contributed by atoms with Crippen molar-refractivity contribution >= 4 is 11.9 Å². The van der Waals surface area contributed by atoms with Crippen molar-refractivity contribution in [3.05, 3.63) is 53.3 Å². The van der Waals surface area contributed by atoms with E-state index in [0.717, 1.165) is 12.0 Å². The number of carbonyl (C=O) groups excluding carboxylic acids is 1. The number of ether oxygens (including phenoxy) is 4. The summed E-state index contributed by atoms with van der Waals surface area (Å²) in [6.45, 7) is 3.00. The zero-order chi connectivity index (χ0) is 27.4. The van der Waals surface area contributed by atoms with Crippen LogP contribution in [0.2, 0.25) is 0 Å². The van der Waals surface area contributed by atoms with Crippen LogP contribution >= 0.6 is 0 Å². The SMILES string of the molecule is CCCNC(=O)CN1CC(c2ccc3c(c2)OCO3)C(C(=O)O)C1c1ccc(OC)cc1OCc1nnn[nH]1. The van der Waals surface area contributed by atoms with Gasteiger partial charge in [0.05, 0.1) is 25.6 Å². The number of rotatable bonds is 11. The minimum absolute atomic E-state index is 0.0208. The normalized spacial score (nSPS) is 20.1. The number of benzene rings is 2. The highest BCUT2D eigenvalue weighted by molar-refractivity contribution is 5.79. The fourth-order valence-electron chi connectivity index (χ4n) is 5.15. The minimum Gasteiger partial charge on any atom is -0.497 e. The Balaban J connectivity index is 1.54. The van der Waals surface area contributed by atoms with Gasteiger partial charge in [0.1, 0.15) is 18.1 Å². The predicted molar refractivity (Wildman–Crippen MR) is 136 cm³/mol. The number of hydrogen-bond acceptors (Lipinski definition) is 10. The first-order chi connectivity index (χ1) is 19.0. The van der Waals surface area contributed by atoms with Gasteiger partial charge in [0, 0.05) is 30.6 Å². The number of methoxy groups -OCH3 is 1. The van der Waals surface area contributed by atoms with E-state index in [9.17, 15) is 14.7 Å². The van der Waals surface area contributed by atoms with Gasteiger partial charge in [-0.3, -0.25) is 14.5 Å². The van der Waals surface area contributed by atoms with E-state index in [2.05, 4.69) is 25.9 Å². The molecule has 0 spiro atoms. The summed E-state index contributed by atoms with van der Waals surface area (Å²) in [4.78, 5) is 27.7. The number of aliphatic carboxylic acids is 1. The molecule has 5 rings (SSSR count). The summed E-state index contributed by atoms with van der Waals surface area (Å²) >= 11 is 0. The Morgan fingerprint density at radius 1 is 1.21 bits per heavy atom. The third kappa shape index (κ3) is 5.58. The summed E-state index contributed by atoms with van der Waals surface area (Å²) in [5, 5.41) is 27.1. The lowest BCUT2D eigenvalue weighted by Crippen LogP contribution is -2.38. The van der Waals surface area contributed by atoms with Crippen molar-refractivity contribution in [1.82, 2.24) is 30.8 Å². The molecule has 1 aromatic heterocycles. The van der Waals surface area contributed by atoms with Gasteiger partial charge in [-0.1, -0.05) is 19.1 Å². The molecule has 13 heteroatoms. The second-order valence-electron chi connectivity index (χ2n) is 9.35. The average molecular weight is 539 g/mol. The first-order valence-corrected chi connectivity index (χ1v) is 12.6. The number of carbonyl (C=O) groups is 2. The first-order valence-electron chi connectivity index (χ1n) is 12.6. The fraction of sp³-hybridized carbons (Fsp3) is 0.423. The quantitative estimate of drug-likeness (QED) is 0.327. The van der Waals surface area contributed by atoms with E-state index >= 15 is 0 Å². The van der Waals surface area contributed by atoms with Crippen LogP contribution in [0.4, 0.5) is 0 Å². The van der Waals surface area contributed by atoms with Gasteiger partial charge in [0.2, 0.25) is 12.7 Å². The maximum absolute atomic E-state index is 12.9. The molecule has 1 saturated heterocycles. The van der Waals surface area contributed by atoms with Crippen LogP contribution < -0.4 is 24.3 Å². The summed E-state index contributed by atoms with van der Waals surface area (Å²) in [6, 6.07) is 10.0. The van der Waals surface area contributed by atoms with Crippen molar-refractivity contribution in [1.29, 1.82) is 0 Å². The van der Waals surface area contributed by atoms with Crippen molar-refractivity contribution in [2.24, 2.45) is 5.92 Å². The molecule has 0 saturated carbocycles. The number of tetrazole rings is 1. The van der Waals surface area contributed by atoms with E-state index in [1.54, 1.807) is 24.3 Å². The van der Waals surface area contributed by atoms with E-state index in [4.69, 9.17) is 18.9 Å². The lowest BCUT2D eigenvalue weighted by molar-refractivity contribution is -0.143. The maximum atomic E-state index is 12.9. The van der Waals surface area contributed by atoms with Crippen LogP contribution in [0.15, 0.2) is 36.4 Å². The molecule has 2 aliphatic heterocycles. The molecule has 0 radical (unpaired) electrons. The molecule has 3 N–H and O–H groups in total. The molecule has 3 unspecified atom stereocenters. The smallest absolute Gasteiger partial charge is 0.309 e. The zero-order valence-electron chi connectivity index (χ0n) is 21.6. The van der Waals surface area contributed by atoms with Crippen molar-refractivity contribution in [2.75, 3.05) is 33.5 Å². The molecule has 39 heavy (non-hydrogen) atoms. The molecule has 2 aliphatic rings. The Kier molecular flexibility index (Phi) is 7.77. The van der Waals surface area contributed by atoms with Crippen molar-refractivity contribution in [3.8, 4) is 23.0 Å². The van der Waals surface area contributed by atoms with Crippen molar-refractivity contribution in [2.45, 2.75) is 31.9 Å². The van der Waals surface area contributed by atoms with Gasteiger partial charge < -0.3 is 29.4 Å². The van der Waals surface area contributed by atoms with Crippen molar-refractivity contribution < 1.29 is 33.6 Å². The monoisotopic (exact) mass is 538 g/mol.